The van der Waals surface area contributed by atoms with E-state index in [0.29, 0.717) is 6.54 Å². The van der Waals surface area contributed by atoms with Crippen LogP contribution in [0.15, 0.2) is 4.79 Å². The number of rotatable bonds is 3. The third-order valence-corrected chi connectivity index (χ3v) is 1.29. The fraction of sp³-hybridized carbons (Fsp3) is 0.667. The van der Waals surface area contributed by atoms with Crippen molar-refractivity contribution in [3.8, 4) is 0 Å². The van der Waals surface area contributed by atoms with Crippen molar-refractivity contribution in [3.63, 3.8) is 0 Å². The number of hydrogen-bond donors (Lipinski definition) is 5. The Balaban J connectivity index is 0.00000139. The van der Waals surface area contributed by atoms with E-state index < -0.39 is 48.1 Å². The van der Waals surface area contributed by atoms with E-state index in [1.165, 1.54) is 0 Å². The summed E-state index contributed by atoms with van der Waals surface area (Å²) >= 11 is 0. The fourth-order valence-corrected chi connectivity index (χ4v) is 0.858. The highest BCUT2D eigenvalue weighted by molar-refractivity contribution is 7.79. The summed E-state index contributed by atoms with van der Waals surface area (Å²) in [6.07, 6.45) is 0. The van der Waals surface area contributed by atoms with Gasteiger partial charge in [0.05, 0.1) is 0 Å². The van der Waals surface area contributed by atoms with E-state index in [9.17, 15) is 4.79 Å². The van der Waals surface area contributed by atoms with Gasteiger partial charge in [0, 0.05) is 24.4 Å². The molecule has 0 spiro atoms. The van der Waals surface area contributed by atoms with Crippen molar-refractivity contribution >= 4 is 22.3 Å². The van der Waals surface area contributed by atoms with Gasteiger partial charge in [-0.3, -0.25) is 14.1 Å². The molecule has 20 heavy (non-hydrogen) atoms. The van der Waals surface area contributed by atoms with E-state index in [2.05, 4.69) is 15.3 Å². The normalized spacial score (nSPS) is 19.9. The Kier molecular flexibility index (Phi) is 2.83. The van der Waals surface area contributed by atoms with Crippen LogP contribution in [0.2, 0.25) is 0 Å². The first-order valence-corrected chi connectivity index (χ1v) is 6.25. The maximum Gasteiger partial charge on any atom is 0.394 e. The van der Waals surface area contributed by atoms with Crippen LogP contribution in [0.25, 0.3) is 0 Å². The maximum absolute atomic E-state index is 11.5. The summed E-state index contributed by atoms with van der Waals surface area (Å²) in [6.45, 7) is -8.40. The van der Waals surface area contributed by atoms with Gasteiger partial charge in [0.15, 0.2) is 0 Å². The van der Waals surface area contributed by atoms with E-state index in [0.717, 1.165) is 0 Å². The van der Waals surface area contributed by atoms with Gasteiger partial charge in [0.1, 0.15) is 0 Å². The van der Waals surface area contributed by atoms with Gasteiger partial charge in [-0.25, -0.2) is 4.79 Å². The molecular weight excluding hydrogens is 290 g/mol. The molecule has 0 amide bonds. The molecule has 10 nitrogen and oxygen atoms in total. The topological polar surface area (TPSA) is 157 Å². The van der Waals surface area contributed by atoms with E-state index in [1.54, 1.807) is 6.92 Å². The van der Waals surface area contributed by atoms with Crippen molar-refractivity contribution in [2.75, 3.05) is 17.2 Å². The molecule has 0 aliphatic heterocycles. The molecule has 0 saturated heterocycles. The van der Waals surface area contributed by atoms with Crippen molar-refractivity contribution in [2.24, 2.45) is 0 Å². The second-order valence-corrected chi connectivity index (χ2v) is 4.07. The second-order valence-electron chi connectivity index (χ2n) is 3.18. The van der Waals surface area contributed by atoms with Gasteiger partial charge in [0.25, 0.3) is 0 Å². The van der Waals surface area contributed by atoms with Crippen LogP contribution >= 0.6 is 0 Å². The molecule has 0 bridgehead atoms. The van der Waals surface area contributed by atoms with E-state index in [4.69, 9.17) is 29.9 Å². The Morgan fingerprint density at radius 1 is 1.35 bits per heavy atom. The van der Waals surface area contributed by atoms with Crippen LogP contribution < -0.4 is 16.3 Å². The molecule has 1 rings (SSSR count). The average molecular weight is 318 g/mol. The average Bonchev–Trinajstić information content (AvgIpc) is 2.38. The predicted molar refractivity (Wildman–Crippen MR) is 74.4 cm³/mol. The molecule has 1 aromatic heterocycles. The van der Waals surface area contributed by atoms with Crippen LogP contribution in [-0.2, 0) is 10.4 Å². The Morgan fingerprint density at radius 3 is 2.35 bits per heavy atom. The first-order valence-electron chi connectivity index (χ1n) is 9.36. The zero-order chi connectivity index (χ0) is 23.5. The Hall–Kier alpha value is -1.72. The van der Waals surface area contributed by atoms with Gasteiger partial charge in [-0.2, -0.15) is 18.4 Å². The third kappa shape index (κ3) is 11.4. The van der Waals surface area contributed by atoms with Crippen molar-refractivity contribution in [3.05, 3.63) is 10.5 Å². The molecule has 0 unspecified atom stereocenters. The van der Waals surface area contributed by atoms with Crippen LogP contribution in [0.3, 0.4) is 0 Å². The zero-order valence-electron chi connectivity index (χ0n) is 19.1. The Bertz CT molecular complexity index is 804. The Labute approximate surface area is 129 Å². The molecular formula is C9H19N5O5S. The highest BCUT2D eigenvalue weighted by atomic mass is 32.3. The molecule has 0 fully saturated rings. The Morgan fingerprint density at radius 2 is 1.90 bits per heavy atom. The monoisotopic (exact) mass is 318 g/mol. The molecule has 0 aromatic carbocycles. The fourth-order valence-electron chi connectivity index (χ4n) is 0.858. The summed E-state index contributed by atoms with van der Waals surface area (Å²) in [4.78, 5) is 20.7. The van der Waals surface area contributed by atoms with Gasteiger partial charge >= 0.3 is 16.1 Å². The zero-order valence-corrected chi connectivity index (χ0v) is 10.9. The molecule has 0 aliphatic carbocycles. The van der Waals surface area contributed by atoms with Gasteiger partial charge < -0.3 is 10.6 Å². The summed E-state index contributed by atoms with van der Waals surface area (Å²) < 4.78 is 99.0. The summed E-state index contributed by atoms with van der Waals surface area (Å²) in [6, 6.07) is 0. The molecule has 1 heterocycles. The predicted octanol–water partition coefficient (Wildman–Crippen LogP) is 0.154. The van der Waals surface area contributed by atoms with Gasteiger partial charge in [0.2, 0.25) is 11.9 Å². The highest BCUT2D eigenvalue weighted by Gasteiger charge is 2.11. The number of nitrogens with one attached hydrogen (secondary N) is 3. The smallest absolute Gasteiger partial charge is 0.354 e. The summed E-state index contributed by atoms with van der Waals surface area (Å²) in [5.41, 5.74) is -4.30. The molecule has 1 aromatic rings. The number of aromatic amines is 1. The lowest BCUT2D eigenvalue weighted by molar-refractivity contribution is 0.381. The van der Waals surface area contributed by atoms with E-state index in [1.807, 2.05) is 10.3 Å². The first-order chi connectivity index (χ1) is 12.7. The van der Waals surface area contributed by atoms with Crippen molar-refractivity contribution in [2.45, 2.75) is 33.0 Å². The minimum Gasteiger partial charge on any atom is -0.354 e. The molecule has 0 atom stereocenters. The number of aromatic nitrogens is 3. The molecule has 0 aliphatic rings. The van der Waals surface area contributed by atoms with Crippen LogP contribution in [0.5, 0.6) is 0 Å². The molecule has 0 saturated carbocycles. The van der Waals surface area contributed by atoms with Crippen LogP contribution in [0, 0.1) is 0 Å². The van der Waals surface area contributed by atoms with E-state index in [-0.39, 0.29) is 5.95 Å². The van der Waals surface area contributed by atoms with E-state index >= 15 is 0 Å². The van der Waals surface area contributed by atoms with Gasteiger partial charge in [-0.15, -0.1) is 0 Å². The molecule has 5 N–H and O–H groups in total. The van der Waals surface area contributed by atoms with Gasteiger partial charge in [-0.05, 0) is 27.5 Å². The largest absolute Gasteiger partial charge is 0.394 e. The maximum atomic E-state index is 11.5. The SMILES string of the molecule is O=S(=O)(O)O.[2H]C([2H])([2H])C(Nc1nc(NCC)nc(=O)[nH]1)(C([2H])([2H])[2H])C([2H])([2H])[2H]. The van der Waals surface area contributed by atoms with Crippen molar-refractivity contribution in [1.29, 1.82) is 0 Å². The molecule has 11 heteroatoms. The summed E-state index contributed by atoms with van der Waals surface area (Å²) in [7, 11) is -4.67. The number of anilines is 2. The third-order valence-electron chi connectivity index (χ3n) is 1.29. The highest BCUT2D eigenvalue weighted by Crippen LogP contribution is 2.08. The lowest BCUT2D eigenvalue weighted by Crippen LogP contribution is -2.29. The lowest BCUT2D eigenvalue weighted by Gasteiger charge is -2.20. The van der Waals surface area contributed by atoms with Crippen molar-refractivity contribution in [1.82, 2.24) is 15.0 Å². The van der Waals surface area contributed by atoms with Crippen LogP contribution in [-0.4, -0.2) is 44.6 Å². The molecule has 116 valence electrons. The van der Waals surface area contributed by atoms with Crippen LogP contribution in [0.1, 0.15) is 39.8 Å². The van der Waals surface area contributed by atoms with Crippen molar-refractivity contribution < 1.29 is 29.9 Å². The molecule has 0 radical (unpaired) electrons. The first kappa shape index (κ1) is 7.90. The minimum atomic E-state index is -4.67. The van der Waals surface area contributed by atoms with Gasteiger partial charge in [-0.1, -0.05) is 0 Å². The van der Waals surface area contributed by atoms with Crippen LogP contribution in [0.4, 0.5) is 11.9 Å². The second kappa shape index (κ2) is 7.17. The number of hydrogen-bond acceptors (Lipinski definition) is 7. The summed E-state index contributed by atoms with van der Waals surface area (Å²) in [5.74, 6) is -0.839. The minimum absolute atomic E-state index is 0.209. The number of nitrogens with zero attached hydrogens (tertiary/aromatic N) is 2. The lowest BCUT2D eigenvalue weighted by atomic mass is 10.1. The number of H-pyrrole nitrogens is 1. The standard InChI is InChI=1S/C9H17N5O.H2O4S/c1-5-10-6-11-7(13-8(15)12-6)14-9(2,3)4;1-5(2,3)4/h5H2,1-4H3,(H3,10,11,12,13,14,15);(H2,1,2,3,4)/i2D3,3D3,4D3;. The summed E-state index contributed by atoms with van der Waals surface area (Å²) in [5, 5.41) is 4.50. The quantitative estimate of drug-likeness (QED) is 0.489.